The smallest absolute Gasteiger partial charge is 0.101 e. The minimum atomic E-state index is 0.552. The van der Waals surface area contributed by atoms with Crippen LogP contribution in [0.4, 0.5) is 5.69 Å². The fourth-order valence-corrected chi connectivity index (χ4v) is 1.57. The van der Waals surface area contributed by atoms with E-state index >= 15 is 0 Å². The minimum absolute atomic E-state index is 0.552. The zero-order valence-electron chi connectivity index (χ0n) is 9.37. The van der Waals surface area contributed by atoms with Crippen molar-refractivity contribution < 1.29 is 0 Å². The first kappa shape index (κ1) is 11.9. The molecule has 1 N–H and O–H groups in total. The van der Waals surface area contributed by atoms with E-state index in [0.717, 1.165) is 23.4 Å². The number of hydrogen-bond donors (Lipinski definition) is 1. The van der Waals surface area contributed by atoms with Gasteiger partial charge in [0, 0.05) is 11.8 Å². The summed E-state index contributed by atoms with van der Waals surface area (Å²) < 4.78 is 0. The highest BCUT2D eigenvalue weighted by Gasteiger charge is 2.05. The molecule has 1 rings (SSSR count). The molecule has 3 heteroatoms. The van der Waals surface area contributed by atoms with Crippen molar-refractivity contribution in [2.45, 2.75) is 19.1 Å². The largest absolute Gasteiger partial charge is 0.383 e. The maximum Gasteiger partial charge on any atom is 0.101 e. The molecule has 0 saturated heterocycles. The van der Waals surface area contributed by atoms with E-state index in [4.69, 9.17) is 5.26 Å². The van der Waals surface area contributed by atoms with Crippen molar-refractivity contribution in [2.75, 3.05) is 18.1 Å². The van der Waals surface area contributed by atoms with Gasteiger partial charge in [0.1, 0.15) is 6.07 Å². The number of rotatable bonds is 4. The van der Waals surface area contributed by atoms with Crippen LogP contribution in [0.15, 0.2) is 18.2 Å². The Kier molecular flexibility index (Phi) is 4.51. The van der Waals surface area contributed by atoms with Crippen LogP contribution >= 0.6 is 11.8 Å². The molecule has 1 aromatic rings. The Bertz CT molecular complexity index is 368. The van der Waals surface area contributed by atoms with Gasteiger partial charge in [-0.1, -0.05) is 19.1 Å². The molecular weight excluding hydrogens is 204 g/mol. The molecule has 0 aliphatic heterocycles. The first-order valence-corrected chi connectivity index (χ1v) is 6.24. The second-order valence-electron chi connectivity index (χ2n) is 3.54. The van der Waals surface area contributed by atoms with E-state index in [2.05, 4.69) is 24.6 Å². The first-order valence-electron chi connectivity index (χ1n) is 4.95. The van der Waals surface area contributed by atoms with Crippen LogP contribution < -0.4 is 5.32 Å². The summed E-state index contributed by atoms with van der Waals surface area (Å²) in [5.41, 5.74) is 2.83. The summed E-state index contributed by atoms with van der Waals surface area (Å²) in [6.45, 7) is 5.08. The zero-order valence-corrected chi connectivity index (χ0v) is 10.2. The average Bonchev–Trinajstić information content (AvgIpc) is 2.26. The molecule has 0 aliphatic carbocycles. The number of hydrogen-bond acceptors (Lipinski definition) is 3. The van der Waals surface area contributed by atoms with Gasteiger partial charge < -0.3 is 5.32 Å². The van der Waals surface area contributed by atoms with E-state index in [-0.39, 0.29) is 0 Å². The Morgan fingerprint density at radius 3 is 2.87 bits per heavy atom. The molecule has 2 nitrogen and oxygen atoms in total. The van der Waals surface area contributed by atoms with E-state index in [0.29, 0.717) is 5.25 Å². The van der Waals surface area contributed by atoms with Gasteiger partial charge in [0.25, 0.3) is 0 Å². The van der Waals surface area contributed by atoms with Gasteiger partial charge in [-0.25, -0.2) is 0 Å². The van der Waals surface area contributed by atoms with Crippen LogP contribution in [0.2, 0.25) is 0 Å². The Morgan fingerprint density at radius 2 is 2.27 bits per heavy atom. The van der Waals surface area contributed by atoms with Crippen LogP contribution in [-0.4, -0.2) is 18.1 Å². The maximum atomic E-state index is 8.97. The topological polar surface area (TPSA) is 35.8 Å². The molecular formula is C12H16N2S. The fraction of sp³-hybridized carbons (Fsp3) is 0.417. The molecule has 80 valence electrons. The molecule has 0 heterocycles. The molecule has 0 saturated carbocycles. The van der Waals surface area contributed by atoms with Gasteiger partial charge in [-0.15, -0.1) is 0 Å². The van der Waals surface area contributed by atoms with Crippen molar-refractivity contribution in [1.82, 2.24) is 0 Å². The number of nitrogens with one attached hydrogen (secondary N) is 1. The van der Waals surface area contributed by atoms with Crippen LogP contribution in [-0.2, 0) is 0 Å². The molecule has 1 aromatic carbocycles. The van der Waals surface area contributed by atoms with Crippen molar-refractivity contribution in [3.63, 3.8) is 0 Å². The summed E-state index contributed by atoms with van der Waals surface area (Å²) in [5, 5.41) is 12.9. The van der Waals surface area contributed by atoms with E-state index in [1.165, 1.54) is 0 Å². The van der Waals surface area contributed by atoms with Gasteiger partial charge in [0.05, 0.1) is 11.3 Å². The number of para-hydroxylation sites is 1. The second kappa shape index (κ2) is 5.67. The molecule has 1 atom stereocenters. The predicted molar refractivity (Wildman–Crippen MR) is 67.4 cm³/mol. The van der Waals surface area contributed by atoms with E-state index in [9.17, 15) is 0 Å². The number of thioether (sulfide) groups is 1. The summed E-state index contributed by atoms with van der Waals surface area (Å²) in [4.78, 5) is 0. The van der Waals surface area contributed by atoms with Crippen molar-refractivity contribution in [1.29, 1.82) is 5.26 Å². The minimum Gasteiger partial charge on any atom is -0.383 e. The molecule has 0 aliphatic rings. The van der Waals surface area contributed by atoms with Crippen LogP contribution in [0.5, 0.6) is 0 Å². The third kappa shape index (κ3) is 3.17. The monoisotopic (exact) mass is 220 g/mol. The molecule has 0 radical (unpaired) electrons. The van der Waals surface area contributed by atoms with Gasteiger partial charge in [0.2, 0.25) is 0 Å². The lowest BCUT2D eigenvalue weighted by Gasteiger charge is -2.14. The fourth-order valence-electron chi connectivity index (χ4n) is 1.32. The summed E-state index contributed by atoms with van der Waals surface area (Å²) in [7, 11) is 0. The summed E-state index contributed by atoms with van der Waals surface area (Å²) in [6, 6.07) is 7.99. The van der Waals surface area contributed by atoms with Crippen LogP contribution in [0.3, 0.4) is 0 Å². The quantitative estimate of drug-likeness (QED) is 0.847. The first-order chi connectivity index (χ1) is 7.19. The predicted octanol–water partition coefficient (Wildman–Crippen LogP) is 3.03. The average molecular weight is 220 g/mol. The van der Waals surface area contributed by atoms with Crippen LogP contribution in [0.25, 0.3) is 0 Å². The van der Waals surface area contributed by atoms with Gasteiger partial charge >= 0.3 is 0 Å². The third-order valence-corrected chi connectivity index (χ3v) is 3.33. The summed E-state index contributed by atoms with van der Waals surface area (Å²) >= 11 is 1.82. The van der Waals surface area contributed by atoms with Gasteiger partial charge in [-0.05, 0) is 24.8 Å². The normalized spacial score (nSPS) is 11.9. The van der Waals surface area contributed by atoms with E-state index in [1.807, 2.05) is 36.9 Å². The zero-order chi connectivity index (χ0) is 11.3. The molecule has 0 bridgehead atoms. The molecule has 1 unspecified atom stereocenters. The summed E-state index contributed by atoms with van der Waals surface area (Å²) in [6.07, 6.45) is 2.09. The second-order valence-corrected chi connectivity index (χ2v) is 4.81. The molecule has 0 spiro atoms. The molecule has 15 heavy (non-hydrogen) atoms. The van der Waals surface area contributed by atoms with Crippen molar-refractivity contribution >= 4 is 17.4 Å². The van der Waals surface area contributed by atoms with Crippen LogP contribution in [0, 0.1) is 18.3 Å². The Labute approximate surface area is 95.7 Å². The Hall–Kier alpha value is -1.14. The van der Waals surface area contributed by atoms with Crippen LogP contribution in [0.1, 0.15) is 18.1 Å². The lowest BCUT2D eigenvalue weighted by Crippen LogP contribution is -2.14. The summed E-state index contributed by atoms with van der Waals surface area (Å²) in [5.74, 6) is 0. The lowest BCUT2D eigenvalue weighted by atomic mass is 10.1. The van der Waals surface area contributed by atoms with Crippen molar-refractivity contribution in [2.24, 2.45) is 0 Å². The Balaban J connectivity index is 2.80. The van der Waals surface area contributed by atoms with Gasteiger partial charge in [0.15, 0.2) is 0 Å². The van der Waals surface area contributed by atoms with E-state index < -0.39 is 0 Å². The highest BCUT2D eigenvalue weighted by Crippen LogP contribution is 2.20. The highest BCUT2D eigenvalue weighted by atomic mass is 32.2. The number of benzene rings is 1. The van der Waals surface area contributed by atoms with Gasteiger partial charge in [-0.2, -0.15) is 17.0 Å². The maximum absolute atomic E-state index is 8.97. The number of nitriles is 1. The number of nitrogens with zero attached hydrogens (tertiary/aromatic N) is 1. The standard InChI is InChI=1S/C12H16N2S/c1-9-5-4-6-11(7-13)12(9)14-8-10(2)15-3/h4-6,10,14H,8H2,1-3H3. The lowest BCUT2D eigenvalue weighted by molar-refractivity contribution is 1.000. The third-order valence-electron chi connectivity index (χ3n) is 2.36. The Morgan fingerprint density at radius 1 is 1.53 bits per heavy atom. The number of aryl methyl sites for hydroxylation is 1. The van der Waals surface area contributed by atoms with Crippen molar-refractivity contribution in [3.8, 4) is 6.07 Å². The van der Waals surface area contributed by atoms with Crippen molar-refractivity contribution in [3.05, 3.63) is 29.3 Å². The molecule has 0 amide bonds. The van der Waals surface area contributed by atoms with E-state index in [1.54, 1.807) is 0 Å². The van der Waals surface area contributed by atoms with Gasteiger partial charge in [-0.3, -0.25) is 0 Å². The SMILES string of the molecule is CSC(C)CNc1c(C)cccc1C#N. The number of anilines is 1. The molecule has 0 fully saturated rings. The molecule has 0 aromatic heterocycles. The highest BCUT2D eigenvalue weighted by molar-refractivity contribution is 7.99.